The molecular weight excluding hydrogens is 313 g/mol. The van der Waals surface area contributed by atoms with Crippen LogP contribution in [0.4, 0.5) is 10.1 Å². The van der Waals surface area contributed by atoms with Crippen LogP contribution < -0.4 is 5.73 Å². The van der Waals surface area contributed by atoms with E-state index >= 15 is 0 Å². The third kappa shape index (κ3) is 2.90. The van der Waals surface area contributed by atoms with Gasteiger partial charge in [-0.1, -0.05) is 36.4 Å². The first-order valence-corrected chi connectivity index (χ1v) is 7.99. The van der Waals surface area contributed by atoms with Crippen LogP contribution in [-0.4, -0.2) is 9.78 Å². The van der Waals surface area contributed by atoms with Crippen LogP contribution >= 0.6 is 0 Å². The zero-order chi connectivity index (χ0) is 17.2. The maximum Gasteiger partial charge on any atom is 0.123 e. The summed E-state index contributed by atoms with van der Waals surface area (Å²) in [4.78, 5) is 0. The van der Waals surface area contributed by atoms with Gasteiger partial charge < -0.3 is 5.73 Å². The Morgan fingerprint density at radius 3 is 2.20 bits per heavy atom. The number of hydrogen-bond donors (Lipinski definition) is 1. The smallest absolute Gasteiger partial charge is 0.123 e. The molecule has 4 aromatic rings. The number of halogens is 1. The molecule has 122 valence electrons. The normalized spacial score (nSPS) is 10.8. The third-order valence-corrected chi connectivity index (χ3v) is 4.09. The van der Waals surface area contributed by atoms with Gasteiger partial charge in [0.1, 0.15) is 5.82 Å². The summed E-state index contributed by atoms with van der Waals surface area (Å²) in [6.07, 6.45) is 0. The number of benzene rings is 3. The van der Waals surface area contributed by atoms with E-state index in [4.69, 9.17) is 10.8 Å². The van der Waals surface area contributed by atoms with E-state index < -0.39 is 0 Å². The highest BCUT2D eigenvalue weighted by Gasteiger charge is 2.14. The summed E-state index contributed by atoms with van der Waals surface area (Å²) >= 11 is 0. The SMILES string of the molecule is Nc1ccccc1-c1cc(-c2ccc(F)cc2)nn1-c1ccccc1. The minimum absolute atomic E-state index is 0.265. The lowest BCUT2D eigenvalue weighted by Gasteiger charge is -2.09. The molecule has 3 aromatic carbocycles. The highest BCUT2D eigenvalue weighted by atomic mass is 19.1. The second-order valence-corrected chi connectivity index (χ2v) is 5.76. The van der Waals surface area contributed by atoms with Gasteiger partial charge >= 0.3 is 0 Å². The molecule has 0 spiro atoms. The molecule has 4 heteroatoms. The van der Waals surface area contributed by atoms with E-state index in [0.717, 1.165) is 28.2 Å². The summed E-state index contributed by atoms with van der Waals surface area (Å²) in [7, 11) is 0. The van der Waals surface area contributed by atoms with Crippen LogP contribution in [-0.2, 0) is 0 Å². The first-order valence-electron chi connectivity index (χ1n) is 7.99. The molecule has 0 unspecified atom stereocenters. The number of aromatic nitrogens is 2. The van der Waals surface area contributed by atoms with Crippen molar-refractivity contribution in [3.8, 4) is 28.2 Å². The molecular formula is C21H16FN3. The van der Waals surface area contributed by atoms with Gasteiger partial charge in [0.25, 0.3) is 0 Å². The fraction of sp³-hybridized carbons (Fsp3) is 0. The largest absolute Gasteiger partial charge is 0.398 e. The van der Waals surface area contributed by atoms with Crippen LogP contribution in [0.1, 0.15) is 0 Å². The second kappa shape index (κ2) is 6.24. The number of nitrogens with zero attached hydrogens (tertiary/aromatic N) is 2. The van der Waals surface area contributed by atoms with Gasteiger partial charge in [0.2, 0.25) is 0 Å². The number of nitrogens with two attached hydrogens (primary N) is 1. The summed E-state index contributed by atoms with van der Waals surface area (Å²) < 4.78 is 15.1. The van der Waals surface area contributed by atoms with E-state index in [1.54, 1.807) is 12.1 Å². The number of nitrogen functional groups attached to an aromatic ring is 1. The lowest BCUT2D eigenvalue weighted by atomic mass is 10.1. The van der Waals surface area contributed by atoms with Gasteiger partial charge in [0.05, 0.1) is 17.1 Å². The van der Waals surface area contributed by atoms with E-state index in [1.807, 2.05) is 65.3 Å². The molecule has 1 aromatic heterocycles. The van der Waals surface area contributed by atoms with Gasteiger partial charge in [-0.25, -0.2) is 9.07 Å². The summed E-state index contributed by atoms with van der Waals surface area (Å²) in [5, 5.41) is 4.74. The van der Waals surface area contributed by atoms with Crippen molar-refractivity contribution >= 4 is 5.69 Å². The highest BCUT2D eigenvalue weighted by Crippen LogP contribution is 2.31. The van der Waals surface area contributed by atoms with Gasteiger partial charge in [0.15, 0.2) is 0 Å². The average Bonchev–Trinajstić information content (AvgIpc) is 3.08. The third-order valence-electron chi connectivity index (χ3n) is 4.09. The Bertz CT molecular complexity index is 1010. The van der Waals surface area contributed by atoms with Crippen molar-refractivity contribution in [2.45, 2.75) is 0 Å². The predicted molar refractivity (Wildman–Crippen MR) is 98.8 cm³/mol. The Hall–Kier alpha value is -3.40. The summed E-state index contributed by atoms with van der Waals surface area (Å²) in [6, 6.07) is 25.9. The monoisotopic (exact) mass is 329 g/mol. The Labute approximate surface area is 145 Å². The molecule has 1 heterocycles. The van der Waals surface area contributed by atoms with Gasteiger partial charge in [-0.2, -0.15) is 5.10 Å². The van der Waals surface area contributed by atoms with Crippen molar-refractivity contribution in [3.63, 3.8) is 0 Å². The van der Waals surface area contributed by atoms with Crippen molar-refractivity contribution in [2.75, 3.05) is 5.73 Å². The Balaban J connectivity index is 1.92. The van der Waals surface area contributed by atoms with Crippen LogP contribution in [0.25, 0.3) is 28.2 Å². The molecule has 25 heavy (non-hydrogen) atoms. The topological polar surface area (TPSA) is 43.8 Å². The minimum atomic E-state index is -0.265. The molecule has 0 radical (unpaired) electrons. The molecule has 0 saturated carbocycles. The van der Waals surface area contributed by atoms with Crippen LogP contribution in [0, 0.1) is 5.82 Å². The summed E-state index contributed by atoms with van der Waals surface area (Å²) in [6.45, 7) is 0. The maximum absolute atomic E-state index is 13.2. The standard InChI is InChI=1S/C21H16FN3/c22-16-12-10-15(11-13-16)20-14-21(18-8-4-5-9-19(18)23)25(24-20)17-6-2-1-3-7-17/h1-14H,23H2. The van der Waals surface area contributed by atoms with Gasteiger partial charge in [-0.15, -0.1) is 0 Å². The highest BCUT2D eigenvalue weighted by molar-refractivity contribution is 5.78. The van der Waals surface area contributed by atoms with E-state index in [2.05, 4.69) is 0 Å². The molecule has 0 aliphatic carbocycles. The van der Waals surface area contributed by atoms with Crippen molar-refractivity contribution in [1.29, 1.82) is 0 Å². The molecule has 2 N–H and O–H groups in total. The van der Waals surface area contributed by atoms with Gasteiger partial charge in [-0.3, -0.25) is 0 Å². The Kier molecular flexibility index (Phi) is 3.78. The number of anilines is 1. The second-order valence-electron chi connectivity index (χ2n) is 5.76. The van der Waals surface area contributed by atoms with Crippen LogP contribution in [0.2, 0.25) is 0 Å². The average molecular weight is 329 g/mol. The Morgan fingerprint density at radius 1 is 0.800 bits per heavy atom. The maximum atomic E-state index is 13.2. The van der Waals surface area contributed by atoms with Crippen molar-refractivity contribution in [2.24, 2.45) is 0 Å². The molecule has 3 nitrogen and oxygen atoms in total. The quantitative estimate of drug-likeness (QED) is 0.542. The van der Waals surface area contributed by atoms with E-state index in [9.17, 15) is 4.39 Å². The molecule has 0 aliphatic heterocycles. The van der Waals surface area contributed by atoms with Crippen LogP contribution in [0.15, 0.2) is 84.9 Å². The predicted octanol–water partition coefficient (Wildman–Crippen LogP) is 4.93. The first kappa shape index (κ1) is 15.1. The number of para-hydroxylation sites is 2. The van der Waals surface area contributed by atoms with Crippen molar-refractivity contribution < 1.29 is 4.39 Å². The van der Waals surface area contributed by atoms with Gasteiger partial charge in [0, 0.05) is 16.8 Å². The molecule has 0 fully saturated rings. The fourth-order valence-electron chi connectivity index (χ4n) is 2.83. The molecule has 0 aliphatic rings. The summed E-state index contributed by atoms with van der Waals surface area (Å²) in [5.41, 5.74) is 11.2. The van der Waals surface area contributed by atoms with Crippen molar-refractivity contribution in [1.82, 2.24) is 9.78 Å². The first-order chi connectivity index (χ1) is 12.2. The van der Waals surface area contributed by atoms with Gasteiger partial charge in [-0.05, 0) is 48.5 Å². The van der Waals surface area contributed by atoms with E-state index in [-0.39, 0.29) is 5.82 Å². The summed E-state index contributed by atoms with van der Waals surface area (Å²) in [5.74, 6) is -0.265. The molecule has 0 atom stereocenters. The molecule has 4 rings (SSSR count). The molecule has 0 amide bonds. The van der Waals surface area contributed by atoms with E-state index in [1.165, 1.54) is 12.1 Å². The molecule has 0 bridgehead atoms. The lowest BCUT2D eigenvalue weighted by molar-refractivity contribution is 0.628. The fourth-order valence-corrected chi connectivity index (χ4v) is 2.83. The zero-order valence-corrected chi connectivity index (χ0v) is 13.4. The number of rotatable bonds is 3. The number of hydrogen-bond acceptors (Lipinski definition) is 2. The Morgan fingerprint density at radius 2 is 1.48 bits per heavy atom. The van der Waals surface area contributed by atoms with Crippen LogP contribution in [0.3, 0.4) is 0 Å². The van der Waals surface area contributed by atoms with Crippen LogP contribution in [0.5, 0.6) is 0 Å². The lowest BCUT2D eigenvalue weighted by Crippen LogP contribution is -2.00. The van der Waals surface area contributed by atoms with E-state index in [0.29, 0.717) is 5.69 Å². The minimum Gasteiger partial charge on any atom is -0.398 e. The van der Waals surface area contributed by atoms with Crippen molar-refractivity contribution in [3.05, 3.63) is 90.7 Å². The molecule has 0 saturated heterocycles. The zero-order valence-electron chi connectivity index (χ0n) is 13.4.